The highest BCUT2D eigenvalue weighted by Gasteiger charge is 2.34. The SMILES string of the molecule is CCC1C(=O)NCCN1C(=O)C(C)C(C)N. The van der Waals surface area contributed by atoms with E-state index in [0.29, 0.717) is 19.5 Å². The maximum atomic E-state index is 12.1. The summed E-state index contributed by atoms with van der Waals surface area (Å²) in [5.74, 6) is -0.310. The first-order chi connectivity index (χ1) is 7.49. The minimum absolute atomic E-state index is 0.0169. The van der Waals surface area contributed by atoms with Gasteiger partial charge in [0.2, 0.25) is 11.8 Å². The third-order valence-electron chi connectivity index (χ3n) is 3.18. The molecule has 3 N–H and O–H groups in total. The highest BCUT2D eigenvalue weighted by molar-refractivity contribution is 5.89. The molecule has 0 aromatic heterocycles. The molecule has 3 atom stereocenters. The van der Waals surface area contributed by atoms with Crippen molar-refractivity contribution >= 4 is 11.8 Å². The number of rotatable bonds is 3. The van der Waals surface area contributed by atoms with Crippen LogP contribution in [-0.2, 0) is 9.59 Å². The molecule has 1 aliphatic rings. The predicted octanol–water partition coefficient (Wildman–Crippen LogP) is -0.293. The lowest BCUT2D eigenvalue weighted by Crippen LogP contribution is -2.59. The average Bonchev–Trinajstić information content (AvgIpc) is 2.26. The smallest absolute Gasteiger partial charge is 0.242 e. The molecule has 16 heavy (non-hydrogen) atoms. The second-order valence-corrected chi connectivity index (χ2v) is 4.39. The van der Waals surface area contributed by atoms with Crippen molar-refractivity contribution in [2.75, 3.05) is 13.1 Å². The number of amides is 2. The van der Waals surface area contributed by atoms with Gasteiger partial charge < -0.3 is 16.0 Å². The Labute approximate surface area is 96.4 Å². The molecule has 0 aromatic carbocycles. The van der Waals surface area contributed by atoms with E-state index in [1.807, 2.05) is 20.8 Å². The molecule has 1 aliphatic heterocycles. The van der Waals surface area contributed by atoms with E-state index in [1.165, 1.54) is 0 Å². The molecule has 0 aromatic rings. The molecule has 1 fully saturated rings. The number of carbonyl (C=O) groups excluding carboxylic acids is 2. The lowest BCUT2D eigenvalue weighted by molar-refractivity contribution is -0.146. The summed E-state index contributed by atoms with van der Waals surface area (Å²) in [6.45, 7) is 6.65. The van der Waals surface area contributed by atoms with Gasteiger partial charge in [0.25, 0.3) is 0 Å². The van der Waals surface area contributed by atoms with Crippen LogP contribution in [0.2, 0.25) is 0 Å². The highest BCUT2D eigenvalue weighted by atomic mass is 16.2. The molecule has 0 bridgehead atoms. The summed E-state index contributed by atoms with van der Waals surface area (Å²) in [6.07, 6.45) is 0.642. The first-order valence-corrected chi connectivity index (χ1v) is 5.82. The fourth-order valence-corrected chi connectivity index (χ4v) is 1.87. The summed E-state index contributed by atoms with van der Waals surface area (Å²) in [4.78, 5) is 25.4. The van der Waals surface area contributed by atoms with E-state index in [9.17, 15) is 9.59 Å². The number of nitrogens with zero attached hydrogens (tertiary/aromatic N) is 1. The van der Waals surface area contributed by atoms with Crippen molar-refractivity contribution in [3.05, 3.63) is 0 Å². The average molecular weight is 227 g/mol. The summed E-state index contributed by atoms with van der Waals surface area (Å²) in [5, 5.41) is 2.77. The van der Waals surface area contributed by atoms with E-state index in [-0.39, 0.29) is 29.8 Å². The molecule has 3 unspecified atom stereocenters. The van der Waals surface area contributed by atoms with Crippen LogP contribution in [0.1, 0.15) is 27.2 Å². The van der Waals surface area contributed by atoms with E-state index in [0.717, 1.165) is 0 Å². The number of carbonyl (C=O) groups is 2. The summed E-state index contributed by atoms with van der Waals surface area (Å²) in [5.41, 5.74) is 5.72. The number of piperazine rings is 1. The Balaban J connectivity index is 2.76. The number of hydrogen-bond donors (Lipinski definition) is 2. The lowest BCUT2D eigenvalue weighted by Gasteiger charge is -2.36. The predicted molar refractivity (Wildman–Crippen MR) is 61.6 cm³/mol. The standard InChI is InChI=1S/C11H21N3O2/c1-4-9-10(15)13-5-6-14(9)11(16)7(2)8(3)12/h7-9H,4-6,12H2,1-3H3,(H,13,15). The molecule has 5 nitrogen and oxygen atoms in total. The van der Waals surface area contributed by atoms with Gasteiger partial charge in [-0.1, -0.05) is 13.8 Å². The van der Waals surface area contributed by atoms with Gasteiger partial charge in [0, 0.05) is 19.1 Å². The monoisotopic (exact) mass is 227 g/mol. The molecular formula is C11H21N3O2. The minimum Gasteiger partial charge on any atom is -0.353 e. The van der Waals surface area contributed by atoms with Crippen LogP contribution in [0.4, 0.5) is 0 Å². The van der Waals surface area contributed by atoms with Crippen LogP contribution in [0.25, 0.3) is 0 Å². The largest absolute Gasteiger partial charge is 0.353 e. The van der Waals surface area contributed by atoms with Gasteiger partial charge in [-0.2, -0.15) is 0 Å². The Morgan fingerprint density at radius 1 is 1.62 bits per heavy atom. The second-order valence-electron chi connectivity index (χ2n) is 4.39. The summed E-state index contributed by atoms with van der Waals surface area (Å²) in [6, 6.07) is -0.516. The zero-order valence-corrected chi connectivity index (χ0v) is 10.2. The van der Waals surface area contributed by atoms with Crippen molar-refractivity contribution < 1.29 is 9.59 Å². The van der Waals surface area contributed by atoms with Gasteiger partial charge in [0.05, 0.1) is 5.92 Å². The van der Waals surface area contributed by atoms with Crippen LogP contribution in [0, 0.1) is 5.92 Å². The van der Waals surface area contributed by atoms with Crippen molar-refractivity contribution in [2.24, 2.45) is 11.7 Å². The Morgan fingerprint density at radius 3 is 2.75 bits per heavy atom. The molecule has 92 valence electrons. The van der Waals surface area contributed by atoms with Gasteiger partial charge in [-0.25, -0.2) is 0 Å². The van der Waals surface area contributed by atoms with E-state index < -0.39 is 0 Å². The number of hydrogen-bond acceptors (Lipinski definition) is 3. The number of nitrogens with one attached hydrogen (secondary N) is 1. The zero-order chi connectivity index (χ0) is 12.3. The Morgan fingerprint density at radius 2 is 2.25 bits per heavy atom. The zero-order valence-electron chi connectivity index (χ0n) is 10.2. The van der Waals surface area contributed by atoms with Crippen molar-refractivity contribution in [3.63, 3.8) is 0 Å². The number of nitrogens with two attached hydrogens (primary N) is 1. The molecular weight excluding hydrogens is 206 g/mol. The molecule has 0 aliphatic carbocycles. The van der Waals surface area contributed by atoms with Crippen molar-refractivity contribution in [3.8, 4) is 0 Å². The van der Waals surface area contributed by atoms with Crippen molar-refractivity contribution in [1.29, 1.82) is 0 Å². The fraction of sp³-hybridized carbons (Fsp3) is 0.818. The molecule has 5 heteroatoms. The normalized spacial score (nSPS) is 24.9. The molecule has 2 amide bonds. The molecule has 1 saturated heterocycles. The van der Waals surface area contributed by atoms with Gasteiger partial charge in [-0.3, -0.25) is 9.59 Å². The van der Waals surface area contributed by atoms with E-state index in [1.54, 1.807) is 4.90 Å². The first kappa shape index (κ1) is 13.0. The molecule has 1 heterocycles. The van der Waals surface area contributed by atoms with Gasteiger partial charge in [-0.05, 0) is 13.3 Å². The molecule has 0 spiro atoms. The van der Waals surface area contributed by atoms with Crippen molar-refractivity contribution in [1.82, 2.24) is 10.2 Å². The van der Waals surface area contributed by atoms with Crippen LogP contribution in [0.15, 0.2) is 0 Å². The maximum Gasteiger partial charge on any atom is 0.242 e. The molecule has 0 radical (unpaired) electrons. The van der Waals surface area contributed by atoms with Crippen molar-refractivity contribution in [2.45, 2.75) is 39.3 Å². The van der Waals surface area contributed by atoms with Crippen LogP contribution in [-0.4, -0.2) is 41.9 Å². The fourth-order valence-electron chi connectivity index (χ4n) is 1.87. The topological polar surface area (TPSA) is 75.4 Å². The van der Waals surface area contributed by atoms with Crippen LogP contribution < -0.4 is 11.1 Å². The van der Waals surface area contributed by atoms with Gasteiger partial charge in [-0.15, -0.1) is 0 Å². The quantitative estimate of drug-likeness (QED) is 0.695. The van der Waals surface area contributed by atoms with Gasteiger partial charge >= 0.3 is 0 Å². The Bertz CT molecular complexity index is 278. The first-order valence-electron chi connectivity index (χ1n) is 5.82. The Hall–Kier alpha value is -1.10. The second kappa shape index (κ2) is 5.30. The highest BCUT2D eigenvalue weighted by Crippen LogP contribution is 2.14. The third-order valence-corrected chi connectivity index (χ3v) is 3.18. The minimum atomic E-state index is -0.331. The van der Waals surface area contributed by atoms with E-state index in [2.05, 4.69) is 5.32 Å². The molecule has 1 rings (SSSR count). The van der Waals surface area contributed by atoms with Crippen LogP contribution in [0.3, 0.4) is 0 Å². The van der Waals surface area contributed by atoms with Crippen LogP contribution >= 0.6 is 0 Å². The summed E-state index contributed by atoms with van der Waals surface area (Å²) >= 11 is 0. The molecule has 0 saturated carbocycles. The Kier molecular flexibility index (Phi) is 4.29. The lowest BCUT2D eigenvalue weighted by atomic mass is 10.00. The van der Waals surface area contributed by atoms with Gasteiger partial charge in [0.1, 0.15) is 6.04 Å². The maximum absolute atomic E-state index is 12.1. The summed E-state index contributed by atoms with van der Waals surface area (Å²) in [7, 11) is 0. The third kappa shape index (κ3) is 2.52. The van der Waals surface area contributed by atoms with Crippen LogP contribution in [0.5, 0.6) is 0 Å². The van der Waals surface area contributed by atoms with E-state index in [4.69, 9.17) is 5.73 Å². The van der Waals surface area contributed by atoms with E-state index >= 15 is 0 Å². The van der Waals surface area contributed by atoms with Gasteiger partial charge in [0.15, 0.2) is 0 Å². The summed E-state index contributed by atoms with van der Waals surface area (Å²) < 4.78 is 0.